The van der Waals surface area contributed by atoms with Crippen LogP contribution in [0.2, 0.25) is 0 Å². The zero-order valence-corrected chi connectivity index (χ0v) is 12.1. The number of carbonyl (C=O) groups is 1. The molecule has 1 atom stereocenters. The predicted molar refractivity (Wildman–Crippen MR) is 75.0 cm³/mol. The Balaban J connectivity index is 2.55. The Morgan fingerprint density at radius 3 is 2.55 bits per heavy atom. The summed E-state index contributed by atoms with van der Waals surface area (Å²) in [4.78, 5) is 11.6. The number of halogens is 1. The molecule has 0 fully saturated rings. The van der Waals surface area contributed by atoms with Gasteiger partial charge in [-0.1, -0.05) is 19.9 Å². The molecule has 0 spiro atoms. The van der Waals surface area contributed by atoms with Crippen molar-refractivity contribution in [1.29, 1.82) is 0 Å². The van der Waals surface area contributed by atoms with Crippen molar-refractivity contribution in [3.05, 3.63) is 29.6 Å². The molecular formula is C15H22FNO3. The average Bonchev–Trinajstić information content (AvgIpc) is 2.43. The minimum Gasteiger partial charge on any atom is -0.481 e. The van der Waals surface area contributed by atoms with Gasteiger partial charge in [0.2, 0.25) is 0 Å². The van der Waals surface area contributed by atoms with E-state index in [1.807, 2.05) is 13.8 Å². The van der Waals surface area contributed by atoms with Crippen LogP contribution in [-0.2, 0) is 4.79 Å². The molecule has 0 aliphatic heterocycles. The Kier molecular flexibility index (Phi) is 6.45. The lowest BCUT2D eigenvalue weighted by Crippen LogP contribution is -2.37. The monoisotopic (exact) mass is 283 g/mol. The first kappa shape index (κ1) is 16.4. The van der Waals surface area contributed by atoms with Crippen LogP contribution >= 0.6 is 0 Å². The molecule has 0 aromatic heterocycles. The second-order valence-corrected chi connectivity index (χ2v) is 4.74. The van der Waals surface area contributed by atoms with Gasteiger partial charge < -0.3 is 15.2 Å². The molecule has 0 saturated heterocycles. The van der Waals surface area contributed by atoms with Crippen molar-refractivity contribution in [3.8, 4) is 5.75 Å². The van der Waals surface area contributed by atoms with Crippen LogP contribution in [-0.4, -0.2) is 23.7 Å². The number of aliphatic hydroxyl groups excluding tert-OH is 1. The summed E-state index contributed by atoms with van der Waals surface area (Å²) < 4.78 is 18.8. The maximum absolute atomic E-state index is 13.7. The van der Waals surface area contributed by atoms with Gasteiger partial charge in [0.1, 0.15) is 0 Å². The van der Waals surface area contributed by atoms with Gasteiger partial charge in [0.15, 0.2) is 18.2 Å². The normalized spacial score (nSPS) is 12.3. The van der Waals surface area contributed by atoms with Crippen molar-refractivity contribution < 1.29 is 19.0 Å². The molecule has 1 aromatic rings. The zero-order valence-electron chi connectivity index (χ0n) is 12.1. The predicted octanol–water partition coefficient (Wildman–Crippen LogP) is 2.56. The molecule has 0 bridgehead atoms. The van der Waals surface area contributed by atoms with Crippen molar-refractivity contribution in [2.45, 2.75) is 45.8 Å². The lowest BCUT2D eigenvalue weighted by atomic mass is 10.1. The van der Waals surface area contributed by atoms with Crippen LogP contribution in [0.15, 0.2) is 18.2 Å². The summed E-state index contributed by atoms with van der Waals surface area (Å²) in [7, 11) is 0. The molecule has 0 saturated carbocycles. The number of carbonyl (C=O) groups excluding carboxylic acids is 1. The Bertz CT molecular complexity index is 445. The van der Waals surface area contributed by atoms with E-state index in [4.69, 9.17) is 4.74 Å². The Morgan fingerprint density at radius 1 is 1.40 bits per heavy atom. The molecule has 0 unspecified atom stereocenters. The van der Waals surface area contributed by atoms with Gasteiger partial charge in [-0.25, -0.2) is 4.39 Å². The van der Waals surface area contributed by atoms with Gasteiger partial charge in [0.25, 0.3) is 5.91 Å². The summed E-state index contributed by atoms with van der Waals surface area (Å²) >= 11 is 0. The smallest absolute Gasteiger partial charge is 0.258 e. The molecule has 1 rings (SSSR count). The van der Waals surface area contributed by atoms with Gasteiger partial charge in [-0.3, -0.25) is 4.79 Å². The highest BCUT2D eigenvalue weighted by Crippen LogP contribution is 2.21. The number of hydrogen-bond donors (Lipinski definition) is 2. The first-order valence-electron chi connectivity index (χ1n) is 6.87. The summed E-state index contributed by atoms with van der Waals surface area (Å²) in [5.41, 5.74) is 0.469. The maximum Gasteiger partial charge on any atom is 0.258 e. The summed E-state index contributed by atoms with van der Waals surface area (Å²) in [5.74, 6) is -0.842. The van der Waals surface area contributed by atoms with Crippen LogP contribution in [0.5, 0.6) is 5.75 Å². The molecule has 0 aliphatic carbocycles. The van der Waals surface area contributed by atoms with Gasteiger partial charge in [-0.05, 0) is 37.5 Å². The number of nitrogens with one attached hydrogen (secondary N) is 1. The Labute approximate surface area is 119 Å². The highest BCUT2D eigenvalue weighted by atomic mass is 19.1. The standard InChI is InChI=1S/C15H22FNO3/c1-4-12(5-2)17-15(19)9-20-14-7-6-11(10(3)18)8-13(14)16/h6-8,10,12,18H,4-5,9H2,1-3H3,(H,17,19)/t10-/m0/s1. The second-order valence-electron chi connectivity index (χ2n) is 4.74. The topological polar surface area (TPSA) is 58.6 Å². The largest absolute Gasteiger partial charge is 0.481 e. The van der Waals surface area contributed by atoms with Crippen LogP contribution in [0.1, 0.15) is 45.3 Å². The lowest BCUT2D eigenvalue weighted by molar-refractivity contribution is -0.123. The molecule has 112 valence electrons. The van der Waals surface area contributed by atoms with E-state index in [0.29, 0.717) is 5.56 Å². The van der Waals surface area contributed by atoms with Crippen molar-refractivity contribution in [3.63, 3.8) is 0 Å². The van der Waals surface area contributed by atoms with Gasteiger partial charge in [0, 0.05) is 6.04 Å². The van der Waals surface area contributed by atoms with E-state index in [1.165, 1.54) is 12.1 Å². The molecule has 2 N–H and O–H groups in total. The van der Waals surface area contributed by atoms with E-state index < -0.39 is 11.9 Å². The van der Waals surface area contributed by atoms with Crippen LogP contribution in [0.25, 0.3) is 0 Å². The fraction of sp³-hybridized carbons (Fsp3) is 0.533. The highest BCUT2D eigenvalue weighted by molar-refractivity contribution is 5.77. The molecule has 0 aliphatic rings. The second kappa shape index (κ2) is 7.85. The minimum atomic E-state index is -0.739. The molecule has 20 heavy (non-hydrogen) atoms. The van der Waals surface area contributed by atoms with E-state index in [9.17, 15) is 14.3 Å². The highest BCUT2D eigenvalue weighted by Gasteiger charge is 2.12. The first-order chi connectivity index (χ1) is 9.47. The molecule has 4 nitrogen and oxygen atoms in total. The van der Waals surface area contributed by atoms with E-state index in [2.05, 4.69) is 5.32 Å². The first-order valence-corrected chi connectivity index (χ1v) is 6.87. The van der Waals surface area contributed by atoms with Crippen LogP contribution in [0, 0.1) is 5.82 Å². The number of amides is 1. The van der Waals surface area contributed by atoms with Crippen molar-refractivity contribution in [2.24, 2.45) is 0 Å². The molecule has 5 heteroatoms. The van der Waals surface area contributed by atoms with Crippen molar-refractivity contribution >= 4 is 5.91 Å². The van der Waals surface area contributed by atoms with E-state index in [-0.39, 0.29) is 24.3 Å². The zero-order chi connectivity index (χ0) is 15.1. The summed E-state index contributed by atoms with van der Waals surface area (Å²) in [5, 5.41) is 12.1. The fourth-order valence-electron chi connectivity index (χ4n) is 1.80. The minimum absolute atomic E-state index is 0.00842. The van der Waals surface area contributed by atoms with Crippen molar-refractivity contribution in [1.82, 2.24) is 5.32 Å². The van der Waals surface area contributed by atoms with Gasteiger partial charge in [-0.15, -0.1) is 0 Å². The number of aliphatic hydroxyl groups is 1. The Hall–Kier alpha value is -1.62. The van der Waals surface area contributed by atoms with Gasteiger partial charge in [0.05, 0.1) is 6.10 Å². The number of rotatable bonds is 7. The number of ether oxygens (including phenoxy) is 1. The number of benzene rings is 1. The third-order valence-corrected chi connectivity index (χ3v) is 3.15. The quantitative estimate of drug-likeness (QED) is 0.808. The van der Waals surface area contributed by atoms with Crippen LogP contribution < -0.4 is 10.1 Å². The summed E-state index contributed by atoms with van der Waals surface area (Å²) in [6.45, 7) is 5.31. The Morgan fingerprint density at radius 2 is 2.05 bits per heavy atom. The number of hydrogen-bond acceptors (Lipinski definition) is 3. The van der Waals surface area contributed by atoms with Gasteiger partial charge in [-0.2, -0.15) is 0 Å². The maximum atomic E-state index is 13.7. The summed E-state index contributed by atoms with van der Waals surface area (Å²) in [6.07, 6.45) is 0.955. The molecular weight excluding hydrogens is 261 g/mol. The molecule has 0 radical (unpaired) electrons. The SMILES string of the molecule is CCC(CC)NC(=O)COc1ccc([C@H](C)O)cc1F. The molecule has 0 heterocycles. The lowest BCUT2D eigenvalue weighted by Gasteiger charge is -2.15. The van der Waals surface area contributed by atoms with E-state index in [1.54, 1.807) is 13.0 Å². The summed E-state index contributed by atoms with van der Waals surface area (Å²) in [6, 6.07) is 4.32. The molecule has 1 amide bonds. The van der Waals surface area contributed by atoms with Crippen molar-refractivity contribution in [2.75, 3.05) is 6.61 Å². The average molecular weight is 283 g/mol. The van der Waals surface area contributed by atoms with Gasteiger partial charge >= 0.3 is 0 Å². The third kappa shape index (κ3) is 4.81. The van der Waals surface area contributed by atoms with E-state index >= 15 is 0 Å². The van der Waals surface area contributed by atoms with E-state index in [0.717, 1.165) is 12.8 Å². The fourth-order valence-corrected chi connectivity index (χ4v) is 1.80. The third-order valence-electron chi connectivity index (χ3n) is 3.15. The molecule has 1 aromatic carbocycles. The van der Waals surface area contributed by atoms with Crippen LogP contribution in [0.4, 0.5) is 4.39 Å². The van der Waals surface area contributed by atoms with Crippen LogP contribution in [0.3, 0.4) is 0 Å².